The van der Waals surface area contributed by atoms with Crippen molar-refractivity contribution in [1.82, 2.24) is 0 Å². The van der Waals surface area contributed by atoms with E-state index >= 15 is 0 Å². The minimum Gasteiger partial charge on any atom is -0.310 e. The summed E-state index contributed by atoms with van der Waals surface area (Å²) in [6.07, 6.45) is 0. The minimum absolute atomic E-state index is 0.483. The zero-order chi connectivity index (χ0) is 68.8. The molecule has 4 aliphatic carbocycles. The van der Waals surface area contributed by atoms with Crippen LogP contribution in [0, 0.1) is 13.8 Å². The number of hydrogen-bond donors (Lipinski definition) is 0. The maximum absolute atomic E-state index is 2.52. The van der Waals surface area contributed by atoms with Crippen molar-refractivity contribution >= 4 is 65.6 Å². The quantitative estimate of drug-likeness (QED) is 0.127. The van der Waals surface area contributed by atoms with E-state index in [0.29, 0.717) is 0 Å². The molecular formula is C101H68N2S. The van der Waals surface area contributed by atoms with Gasteiger partial charge < -0.3 is 9.80 Å². The lowest BCUT2D eigenvalue weighted by Gasteiger charge is -2.36. The Labute approximate surface area is 611 Å². The van der Waals surface area contributed by atoms with Crippen LogP contribution in [0.1, 0.15) is 77.9 Å². The minimum atomic E-state index is -0.603. The van der Waals surface area contributed by atoms with Crippen molar-refractivity contribution in [2.45, 2.75) is 30.1 Å². The Bertz CT molecular complexity index is 5980. The number of benzene rings is 16. The van der Waals surface area contributed by atoms with E-state index in [1.165, 1.54) is 143 Å². The molecule has 0 saturated heterocycles. The molecule has 0 atom stereocenters. The highest BCUT2D eigenvalue weighted by molar-refractivity contribution is 7.25. The Morgan fingerprint density at radius 2 is 0.490 bits per heavy atom. The average Bonchev–Trinajstić information content (AvgIpc) is 1.52. The predicted octanol–water partition coefficient (Wildman–Crippen LogP) is 26.3. The predicted molar refractivity (Wildman–Crippen MR) is 435 cm³/mol. The molecule has 0 N–H and O–H groups in total. The van der Waals surface area contributed by atoms with E-state index < -0.39 is 16.2 Å². The summed E-state index contributed by atoms with van der Waals surface area (Å²) in [5.74, 6) is 0. The Morgan fingerprint density at radius 3 is 0.894 bits per heavy atom. The third-order valence-electron chi connectivity index (χ3n) is 23.3. The van der Waals surface area contributed by atoms with E-state index in [1.807, 2.05) is 11.3 Å². The van der Waals surface area contributed by atoms with Crippen LogP contribution in [-0.4, -0.2) is 0 Å². The molecule has 16 aromatic carbocycles. The van der Waals surface area contributed by atoms with Crippen molar-refractivity contribution in [3.63, 3.8) is 0 Å². The standard InChI is InChI=1S/C101H68N2S/c1-65-39-53-82-85-56-50-75(61-94(85)99(92(82)59-65,69-23-7-3-8-24-69)70-25-9-4-10-26-70)102(76-51-57-86-83-54-40-66(2)60-93(83)100(95(86)62-76,71-27-11-5-12-28-71)72-29-13-6-14-30-72)73-45-41-67(42-46-73)68-43-47-74(48-44-68)103(78-52-58-88-87-34-18-22-38-97(87)104-98(88)64-78)77-49-55-84-81-33-17-21-37-91(81)101(96(84)63-77)89-35-19-15-31-79(89)80-32-16-20-36-90(80)101/h3-64H,1-2H3. The van der Waals surface area contributed by atoms with Crippen LogP contribution in [0.4, 0.5) is 34.1 Å². The summed E-state index contributed by atoms with van der Waals surface area (Å²) in [6.45, 7) is 4.46. The van der Waals surface area contributed by atoms with Crippen molar-refractivity contribution in [1.29, 1.82) is 0 Å². The first kappa shape index (κ1) is 60.1. The number of anilines is 6. The van der Waals surface area contributed by atoms with Crippen molar-refractivity contribution in [2.75, 3.05) is 9.80 Å². The molecule has 0 saturated carbocycles. The maximum atomic E-state index is 2.52. The van der Waals surface area contributed by atoms with Gasteiger partial charge in [-0.3, -0.25) is 0 Å². The molecule has 0 radical (unpaired) electrons. The zero-order valence-corrected chi connectivity index (χ0v) is 58.4. The summed E-state index contributed by atoms with van der Waals surface area (Å²) in [5.41, 5.74) is 35.2. The Hall–Kier alpha value is -12.7. The third-order valence-corrected chi connectivity index (χ3v) is 24.5. The fourth-order valence-corrected chi connectivity index (χ4v) is 20.2. The van der Waals surface area contributed by atoms with Crippen molar-refractivity contribution < 1.29 is 0 Å². The lowest BCUT2D eigenvalue weighted by atomic mass is 9.67. The van der Waals surface area contributed by atoms with Crippen molar-refractivity contribution in [2.24, 2.45) is 0 Å². The maximum Gasteiger partial charge on any atom is 0.0726 e. The van der Waals surface area contributed by atoms with Gasteiger partial charge >= 0.3 is 0 Å². The Kier molecular flexibility index (Phi) is 13.4. The summed E-state index contributed by atoms with van der Waals surface area (Å²) in [6, 6.07) is 143. The number of nitrogens with zero attached hydrogens (tertiary/aromatic N) is 2. The number of aryl methyl sites for hydroxylation is 2. The van der Waals surface area contributed by atoms with Crippen LogP contribution < -0.4 is 9.80 Å². The number of thiophene rings is 1. The lowest BCUT2D eigenvalue weighted by Crippen LogP contribution is -2.29. The van der Waals surface area contributed by atoms with Gasteiger partial charge in [0.1, 0.15) is 0 Å². The van der Waals surface area contributed by atoms with Gasteiger partial charge in [0.2, 0.25) is 0 Å². The molecular weight excluding hydrogens is 1270 g/mol. The molecule has 1 spiro atoms. The lowest BCUT2D eigenvalue weighted by molar-refractivity contribution is 0.766. The first-order valence-electron chi connectivity index (χ1n) is 36.3. The van der Waals surface area contributed by atoms with Gasteiger partial charge in [-0.1, -0.05) is 308 Å². The number of rotatable bonds is 11. The van der Waals surface area contributed by atoms with Gasteiger partial charge in [-0.25, -0.2) is 0 Å². The second-order valence-electron chi connectivity index (χ2n) is 28.7. The van der Waals surface area contributed by atoms with Crippen molar-refractivity contribution in [3.05, 3.63) is 454 Å². The Balaban J connectivity index is 0.729. The monoisotopic (exact) mass is 1340 g/mol. The van der Waals surface area contributed by atoms with Crippen LogP contribution in [-0.2, 0) is 16.2 Å². The van der Waals surface area contributed by atoms with Crippen LogP contribution >= 0.6 is 11.3 Å². The third kappa shape index (κ3) is 8.56. The Morgan fingerprint density at radius 1 is 0.202 bits per heavy atom. The molecule has 21 rings (SSSR count). The summed E-state index contributed by atoms with van der Waals surface area (Å²) >= 11 is 1.87. The largest absolute Gasteiger partial charge is 0.310 e. The van der Waals surface area contributed by atoms with E-state index in [0.717, 1.165) is 45.3 Å². The van der Waals surface area contributed by atoms with Gasteiger partial charge in [-0.2, -0.15) is 0 Å². The smallest absolute Gasteiger partial charge is 0.0726 e. The molecule has 0 fully saturated rings. The highest BCUT2D eigenvalue weighted by Gasteiger charge is 2.53. The van der Waals surface area contributed by atoms with Gasteiger partial charge in [0.15, 0.2) is 0 Å². The van der Waals surface area contributed by atoms with Crippen LogP contribution in [0.5, 0.6) is 0 Å². The van der Waals surface area contributed by atoms with Crippen LogP contribution in [0.2, 0.25) is 0 Å². The molecule has 1 heterocycles. The summed E-state index contributed by atoms with van der Waals surface area (Å²) in [4.78, 5) is 5.00. The first-order valence-corrected chi connectivity index (χ1v) is 37.1. The van der Waals surface area contributed by atoms with Gasteiger partial charge in [0.05, 0.1) is 16.2 Å². The summed E-state index contributed by atoms with van der Waals surface area (Å²) in [7, 11) is 0. The summed E-state index contributed by atoms with van der Waals surface area (Å²) < 4.78 is 2.56. The van der Waals surface area contributed by atoms with E-state index in [4.69, 9.17) is 0 Å². The molecule has 0 amide bonds. The van der Waals surface area contributed by atoms with E-state index in [9.17, 15) is 0 Å². The van der Waals surface area contributed by atoms with Gasteiger partial charge in [-0.15, -0.1) is 11.3 Å². The topological polar surface area (TPSA) is 6.48 Å². The molecule has 3 heteroatoms. The number of fused-ring (bicyclic) bond motifs is 19. The second-order valence-corrected chi connectivity index (χ2v) is 29.8. The number of hydrogen-bond acceptors (Lipinski definition) is 3. The van der Waals surface area contributed by atoms with Gasteiger partial charge in [0, 0.05) is 54.3 Å². The zero-order valence-electron chi connectivity index (χ0n) is 57.6. The molecule has 1 aromatic heterocycles. The first-order chi connectivity index (χ1) is 51.4. The van der Waals surface area contributed by atoms with Crippen LogP contribution in [0.25, 0.3) is 75.8 Å². The fraction of sp³-hybridized carbons (Fsp3) is 0.0495. The van der Waals surface area contributed by atoms with E-state index in [2.05, 4.69) is 400 Å². The summed E-state index contributed by atoms with van der Waals surface area (Å²) in [5, 5.41) is 2.57. The highest BCUT2D eigenvalue weighted by Crippen LogP contribution is 2.65. The molecule has 2 nitrogen and oxygen atoms in total. The van der Waals surface area contributed by atoms with Crippen LogP contribution in [0.3, 0.4) is 0 Å². The van der Waals surface area contributed by atoms with E-state index in [1.54, 1.807) is 0 Å². The molecule has 488 valence electrons. The molecule has 4 aliphatic rings. The molecule has 0 unspecified atom stereocenters. The highest BCUT2D eigenvalue weighted by atomic mass is 32.1. The fourth-order valence-electron chi connectivity index (χ4n) is 19.0. The van der Waals surface area contributed by atoms with Gasteiger partial charge in [0.25, 0.3) is 0 Å². The van der Waals surface area contributed by atoms with Crippen molar-refractivity contribution in [3.8, 4) is 55.6 Å². The second kappa shape index (κ2) is 23.2. The molecule has 0 aliphatic heterocycles. The van der Waals surface area contributed by atoms with Crippen LogP contribution in [0.15, 0.2) is 376 Å². The van der Waals surface area contributed by atoms with E-state index in [-0.39, 0.29) is 0 Å². The van der Waals surface area contributed by atoms with Gasteiger partial charge in [-0.05, 0) is 215 Å². The molecule has 0 bridgehead atoms. The normalized spacial score (nSPS) is 13.9. The molecule has 17 aromatic rings. The average molecular weight is 1340 g/mol. The molecule has 104 heavy (non-hydrogen) atoms. The SMILES string of the molecule is Cc1ccc2c(c1)C(c1ccccc1)(c1ccccc1)c1cc(N(c3ccc(-c4ccc(N(c5ccc6c(c5)C5(c7ccccc7-c7ccccc75)c5ccccc5-6)c5ccc6c(c5)sc5ccccc56)cc4)cc3)c3ccc4c(c3)C(c3ccccc3)(c3ccccc3)c3cc(C)ccc3-4)ccc1-2.